The number of amides is 2. The number of fused-ring (bicyclic) bond motifs is 1. The lowest BCUT2D eigenvalue weighted by Gasteiger charge is -2.30. The highest BCUT2D eigenvalue weighted by atomic mass is 16.5. The number of pyridine rings is 1. The lowest BCUT2D eigenvalue weighted by Crippen LogP contribution is -2.43. The Labute approximate surface area is 150 Å². The van der Waals surface area contributed by atoms with E-state index in [9.17, 15) is 14.4 Å². The molecule has 2 aromatic heterocycles. The molecule has 0 aromatic carbocycles. The van der Waals surface area contributed by atoms with Crippen LogP contribution >= 0.6 is 0 Å². The topological polar surface area (TPSA) is 120 Å². The van der Waals surface area contributed by atoms with E-state index in [-0.39, 0.29) is 29.9 Å². The van der Waals surface area contributed by atoms with E-state index >= 15 is 0 Å². The number of hydrogen-bond donors (Lipinski definition) is 1. The molecule has 138 valence electrons. The van der Waals surface area contributed by atoms with Gasteiger partial charge in [-0.05, 0) is 25.8 Å². The van der Waals surface area contributed by atoms with Crippen LogP contribution in [0.3, 0.4) is 0 Å². The van der Waals surface area contributed by atoms with Crippen LogP contribution in [-0.2, 0) is 21.4 Å². The first-order valence-electron chi connectivity index (χ1n) is 8.40. The van der Waals surface area contributed by atoms with Crippen molar-refractivity contribution in [2.45, 2.75) is 19.8 Å². The van der Waals surface area contributed by atoms with E-state index in [2.05, 4.69) is 10.1 Å². The minimum atomic E-state index is -0.608. The number of nitrogens with two attached hydrogens (primary N) is 1. The first-order valence-corrected chi connectivity index (χ1v) is 8.40. The molecule has 1 aliphatic rings. The van der Waals surface area contributed by atoms with Crippen molar-refractivity contribution < 1.29 is 19.1 Å². The van der Waals surface area contributed by atoms with Crippen LogP contribution in [0.15, 0.2) is 12.3 Å². The number of ether oxygens (including phenoxy) is 1. The van der Waals surface area contributed by atoms with Gasteiger partial charge in [0.05, 0.1) is 11.3 Å². The first kappa shape index (κ1) is 17.8. The Morgan fingerprint density at radius 1 is 1.31 bits per heavy atom. The number of piperidine rings is 1. The lowest BCUT2D eigenvalue weighted by molar-refractivity contribution is -0.137. The Balaban J connectivity index is 1.58. The number of likely N-dealkylation sites (tertiary alicyclic amines) is 1. The second-order valence-corrected chi connectivity index (χ2v) is 6.44. The van der Waals surface area contributed by atoms with Gasteiger partial charge in [0.15, 0.2) is 12.3 Å². The molecule has 26 heavy (non-hydrogen) atoms. The predicted octanol–water partition coefficient (Wildman–Crippen LogP) is 0.157. The molecular weight excluding hydrogens is 338 g/mol. The Morgan fingerprint density at radius 2 is 2.00 bits per heavy atom. The smallest absolute Gasteiger partial charge is 0.340 e. The van der Waals surface area contributed by atoms with Crippen LogP contribution in [0.25, 0.3) is 11.0 Å². The van der Waals surface area contributed by atoms with E-state index in [1.54, 1.807) is 22.7 Å². The molecule has 2 amide bonds. The Bertz CT molecular complexity index is 867. The van der Waals surface area contributed by atoms with Crippen LogP contribution in [0.5, 0.6) is 0 Å². The third-order valence-corrected chi connectivity index (χ3v) is 4.68. The molecule has 0 saturated carbocycles. The van der Waals surface area contributed by atoms with Crippen LogP contribution in [-0.4, -0.2) is 57.1 Å². The average Bonchev–Trinajstić information content (AvgIpc) is 2.93. The number of primary amides is 1. The van der Waals surface area contributed by atoms with Gasteiger partial charge in [-0.2, -0.15) is 5.10 Å². The van der Waals surface area contributed by atoms with Crippen molar-refractivity contribution >= 4 is 28.8 Å². The van der Waals surface area contributed by atoms with Crippen molar-refractivity contribution in [3.63, 3.8) is 0 Å². The molecule has 1 fully saturated rings. The predicted molar refractivity (Wildman–Crippen MR) is 92.0 cm³/mol. The molecule has 0 atom stereocenters. The zero-order valence-electron chi connectivity index (χ0n) is 14.8. The summed E-state index contributed by atoms with van der Waals surface area (Å²) in [6.45, 7) is 2.36. The summed E-state index contributed by atoms with van der Waals surface area (Å²) in [5, 5.41) is 5.02. The van der Waals surface area contributed by atoms with E-state index in [1.165, 1.54) is 6.20 Å². The van der Waals surface area contributed by atoms with Crippen LogP contribution in [0.1, 0.15) is 28.9 Å². The Morgan fingerprint density at radius 3 is 2.65 bits per heavy atom. The highest BCUT2D eigenvalue weighted by Gasteiger charge is 2.26. The van der Waals surface area contributed by atoms with E-state index in [4.69, 9.17) is 10.5 Å². The molecule has 2 N–H and O–H groups in total. The maximum atomic E-state index is 12.2. The van der Waals surface area contributed by atoms with Gasteiger partial charge in [0.2, 0.25) is 5.91 Å². The van der Waals surface area contributed by atoms with Crippen LogP contribution in [0.2, 0.25) is 0 Å². The molecule has 1 saturated heterocycles. The summed E-state index contributed by atoms with van der Waals surface area (Å²) in [7, 11) is 1.78. The van der Waals surface area contributed by atoms with Crippen LogP contribution < -0.4 is 5.73 Å². The van der Waals surface area contributed by atoms with Gasteiger partial charge in [0.25, 0.3) is 5.91 Å². The van der Waals surface area contributed by atoms with E-state index in [0.29, 0.717) is 31.6 Å². The van der Waals surface area contributed by atoms with Crippen LogP contribution in [0.4, 0.5) is 0 Å². The summed E-state index contributed by atoms with van der Waals surface area (Å²) in [6.07, 6.45) is 2.49. The van der Waals surface area contributed by atoms with Crippen molar-refractivity contribution in [3.05, 3.63) is 23.5 Å². The summed E-state index contributed by atoms with van der Waals surface area (Å²) < 4.78 is 6.76. The van der Waals surface area contributed by atoms with E-state index in [1.807, 2.05) is 6.92 Å². The molecular formula is C17H21N5O4. The molecule has 0 radical (unpaired) electrons. The van der Waals surface area contributed by atoms with Gasteiger partial charge in [-0.1, -0.05) is 0 Å². The largest absolute Gasteiger partial charge is 0.452 e. The maximum Gasteiger partial charge on any atom is 0.340 e. The Kier molecular flexibility index (Phi) is 4.88. The molecule has 9 nitrogen and oxygen atoms in total. The molecule has 0 bridgehead atoms. The number of carbonyl (C=O) groups excluding carboxylic acids is 3. The van der Waals surface area contributed by atoms with Gasteiger partial charge < -0.3 is 15.4 Å². The molecule has 9 heteroatoms. The number of hydrogen-bond acceptors (Lipinski definition) is 6. The molecule has 3 rings (SSSR count). The number of esters is 1. The van der Waals surface area contributed by atoms with Crippen molar-refractivity contribution in [1.82, 2.24) is 19.7 Å². The van der Waals surface area contributed by atoms with Crippen molar-refractivity contribution in [2.75, 3.05) is 19.7 Å². The monoisotopic (exact) mass is 359 g/mol. The second-order valence-electron chi connectivity index (χ2n) is 6.44. The number of aromatic nitrogens is 3. The summed E-state index contributed by atoms with van der Waals surface area (Å²) in [5.74, 6) is -1.42. The maximum absolute atomic E-state index is 12.2. The molecule has 2 aromatic rings. The van der Waals surface area contributed by atoms with Gasteiger partial charge in [0.1, 0.15) is 0 Å². The summed E-state index contributed by atoms with van der Waals surface area (Å²) >= 11 is 0. The quantitative estimate of drug-likeness (QED) is 0.776. The molecule has 0 aliphatic carbocycles. The minimum Gasteiger partial charge on any atom is -0.452 e. The normalized spacial score (nSPS) is 15.2. The highest BCUT2D eigenvalue weighted by molar-refractivity contribution is 5.94. The van der Waals surface area contributed by atoms with Crippen molar-refractivity contribution in [1.29, 1.82) is 0 Å². The number of aryl methyl sites for hydroxylation is 2. The fourth-order valence-electron chi connectivity index (χ4n) is 3.13. The van der Waals surface area contributed by atoms with Crippen LogP contribution in [0, 0.1) is 12.8 Å². The molecule has 0 spiro atoms. The summed E-state index contributed by atoms with van der Waals surface area (Å²) in [4.78, 5) is 41.4. The van der Waals surface area contributed by atoms with Gasteiger partial charge in [-0.25, -0.2) is 9.78 Å². The number of nitrogens with zero attached hydrogens (tertiary/aromatic N) is 4. The van der Waals surface area contributed by atoms with Crippen molar-refractivity contribution in [3.8, 4) is 0 Å². The average molecular weight is 359 g/mol. The van der Waals surface area contributed by atoms with Gasteiger partial charge >= 0.3 is 5.97 Å². The highest BCUT2D eigenvalue weighted by Crippen LogP contribution is 2.18. The minimum absolute atomic E-state index is 0.192. The standard InChI is InChI=1S/C17H21N5O4/c1-10-13-7-12(8-19-16(13)21(2)20-10)17(25)26-9-14(23)22-5-3-11(4-6-22)15(18)24/h7-8,11H,3-6,9H2,1-2H3,(H2,18,24). The number of carbonyl (C=O) groups is 3. The second kappa shape index (κ2) is 7.11. The molecule has 1 aliphatic heterocycles. The zero-order chi connectivity index (χ0) is 18.8. The molecule has 0 unspecified atom stereocenters. The third-order valence-electron chi connectivity index (χ3n) is 4.68. The summed E-state index contributed by atoms with van der Waals surface area (Å²) in [5.41, 5.74) is 6.99. The Hall–Kier alpha value is -2.97. The fourth-order valence-corrected chi connectivity index (χ4v) is 3.13. The lowest BCUT2D eigenvalue weighted by atomic mass is 9.96. The zero-order valence-corrected chi connectivity index (χ0v) is 14.8. The number of rotatable bonds is 4. The SMILES string of the molecule is Cc1nn(C)c2ncc(C(=O)OCC(=O)N3CCC(C(N)=O)CC3)cc12. The fraction of sp³-hybridized carbons (Fsp3) is 0.471. The van der Waals surface area contributed by atoms with Gasteiger partial charge in [0, 0.05) is 37.6 Å². The van der Waals surface area contributed by atoms with Crippen molar-refractivity contribution in [2.24, 2.45) is 18.7 Å². The van der Waals surface area contributed by atoms with Gasteiger partial charge in [-0.15, -0.1) is 0 Å². The molecule has 3 heterocycles. The van der Waals surface area contributed by atoms with E-state index in [0.717, 1.165) is 11.1 Å². The summed E-state index contributed by atoms with van der Waals surface area (Å²) in [6, 6.07) is 1.66. The first-order chi connectivity index (χ1) is 12.4. The third kappa shape index (κ3) is 3.51. The van der Waals surface area contributed by atoms with Gasteiger partial charge in [-0.3, -0.25) is 14.3 Å². The van der Waals surface area contributed by atoms with E-state index < -0.39 is 5.97 Å².